The number of halogens is 1. The molecular formula is C17H20FN3O2S. The second kappa shape index (κ2) is 6.99. The molecule has 1 aromatic carbocycles. The Kier molecular flexibility index (Phi) is 4.97. The summed E-state index contributed by atoms with van der Waals surface area (Å²) in [5.74, 6) is -0.494. The minimum atomic E-state index is -1.28. The van der Waals surface area contributed by atoms with Crippen LogP contribution in [0.4, 0.5) is 4.39 Å². The first-order valence-corrected chi connectivity index (χ1v) is 9.34. The number of amides is 1. The smallest absolute Gasteiger partial charge is 0.243 e. The highest BCUT2D eigenvalue weighted by molar-refractivity contribution is 7.85. The largest absolute Gasteiger partial charge is 0.340 e. The van der Waals surface area contributed by atoms with Gasteiger partial charge in [0.2, 0.25) is 5.91 Å². The number of nitriles is 1. The van der Waals surface area contributed by atoms with Crippen molar-refractivity contribution in [3.05, 3.63) is 30.1 Å². The van der Waals surface area contributed by atoms with Gasteiger partial charge >= 0.3 is 0 Å². The van der Waals surface area contributed by atoms with Gasteiger partial charge in [-0.25, -0.2) is 4.39 Å². The average Bonchev–Trinajstić information content (AvgIpc) is 3.11. The average molecular weight is 349 g/mol. The van der Waals surface area contributed by atoms with Crippen LogP contribution in [0.25, 0.3) is 0 Å². The molecule has 2 fully saturated rings. The van der Waals surface area contributed by atoms with Gasteiger partial charge in [-0.15, -0.1) is 0 Å². The SMILES string of the molecule is N#CC1(C(=O)N2CCC(S(=O)c3ccc(F)cc3)C2)CCNCC1. The standard InChI is InChI=1S/C17H20FN3O2S/c18-13-1-3-14(4-2-13)24(23)15-5-10-21(11-15)16(22)17(12-19)6-8-20-9-7-17/h1-4,15,20H,5-11H2. The molecule has 0 saturated carbocycles. The summed E-state index contributed by atoms with van der Waals surface area (Å²) in [6, 6.07) is 7.87. The summed E-state index contributed by atoms with van der Waals surface area (Å²) in [5, 5.41) is 12.5. The fraction of sp³-hybridized carbons (Fsp3) is 0.529. The molecule has 1 N–H and O–H groups in total. The maximum absolute atomic E-state index is 13.0. The number of piperidine rings is 1. The van der Waals surface area contributed by atoms with Crippen molar-refractivity contribution in [2.45, 2.75) is 29.4 Å². The van der Waals surface area contributed by atoms with Gasteiger partial charge in [0.1, 0.15) is 11.2 Å². The topological polar surface area (TPSA) is 73.2 Å². The van der Waals surface area contributed by atoms with Crippen molar-refractivity contribution < 1.29 is 13.4 Å². The van der Waals surface area contributed by atoms with Crippen LogP contribution in [0.5, 0.6) is 0 Å². The molecule has 2 heterocycles. The van der Waals surface area contributed by atoms with Crippen molar-refractivity contribution >= 4 is 16.7 Å². The number of hydrogen-bond acceptors (Lipinski definition) is 4. The number of carbonyl (C=O) groups is 1. The number of hydrogen-bond donors (Lipinski definition) is 1. The van der Waals surface area contributed by atoms with Gasteiger partial charge in [0.15, 0.2) is 0 Å². The minimum Gasteiger partial charge on any atom is -0.340 e. The van der Waals surface area contributed by atoms with Crippen LogP contribution in [0.15, 0.2) is 29.2 Å². The minimum absolute atomic E-state index is 0.134. The molecule has 1 aromatic rings. The molecule has 2 aliphatic heterocycles. The van der Waals surface area contributed by atoms with E-state index in [1.165, 1.54) is 24.3 Å². The van der Waals surface area contributed by atoms with Crippen LogP contribution in [-0.4, -0.2) is 46.4 Å². The molecule has 5 nitrogen and oxygen atoms in total. The third-order valence-corrected chi connectivity index (χ3v) is 6.59. The summed E-state index contributed by atoms with van der Waals surface area (Å²) < 4.78 is 25.6. The lowest BCUT2D eigenvalue weighted by Crippen LogP contribution is -2.48. The Balaban J connectivity index is 1.68. The second-order valence-corrected chi connectivity index (χ2v) is 8.09. The van der Waals surface area contributed by atoms with Gasteiger partial charge in [0.25, 0.3) is 0 Å². The highest BCUT2D eigenvalue weighted by atomic mass is 32.2. The number of rotatable bonds is 3. The molecule has 0 bridgehead atoms. The molecule has 2 saturated heterocycles. The molecule has 7 heteroatoms. The van der Waals surface area contributed by atoms with Crippen LogP contribution in [0.1, 0.15) is 19.3 Å². The van der Waals surface area contributed by atoms with E-state index in [1.54, 1.807) is 4.90 Å². The molecule has 3 rings (SSSR count). The van der Waals surface area contributed by atoms with Crippen molar-refractivity contribution in [3.8, 4) is 6.07 Å². The molecule has 24 heavy (non-hydrogen) atoms. The number of benzene rings is 1. The number of nitrogens with zero attached hydrogens (tertiary/aromatic N) is 2. The van der Waals surface area contributed by atoms with Crippen molar-refractivity contribution in [1.82, 2.24) is 10.2 Å². The Bertz CT molecular complexity index is 680. The molecule has 128 valence electrons. The lowest BCUT2D eigenvalue weighted by molar-refractivity contribution is -0.139. The van der Waals surface area contributed by atoms with E-state index in [2.05, 4.69) is 11.4 Å². The first kappa shape index (κ1) is 17.1. The van der Waals surface area contributed by atoms with E-state index < -0.39 is 16.2 Å². The third-order valence-electron chi connectivity index (χ3n) is 4.86. The van der Waals surface area contributed by atoms with Crippen molar-refractivity contribution in [3.63, 3.8) is 0 Å². The molecular weight excluding hydrogens is 329 g/mol. The van der Waals surface area contributed by atoms with E-state index in [1.807, 2.05) is 0 Å². The zero-order valence-electron chi connectivity index (χ0n) is 13.3. The van der Waals surface area contributed by atoms with E-state index in [4.69, 9.17) is 0 Å². The Hall–Kier alpha value is -1.78. The summed E-state index contributed by atoms with van der Waals surface area (Å²) in [4.78, 5) is 15.1. The third kappa shape index (κ3) is 3.21. The predicted molar refractivity (Wildman–Crippen MR) is 87.9 cm³/mol. The van der Waals surface area contributed by atoms with Crippen LogP contribution < -0.4 is 5.32 Å². The molecule has 2 unspecified atom stereocenters. The highest BCUT2D eigenvalue weighted by Crippen LogP contribution is 2.32. The van der Waals surface area contributed by atoms with Gasteiger partial charge in [-0.3, -0.25) is 9.00 Å². The lowest BCUT2D eigenvalue weighted by Gasteiger charge is -2.33. The van der Waals surface area contributed by atoms with Gasteiger partial charge in [0, 0.05) is 18.0 Å². The zero-order valence-corrected chi connectivity index (χ0v) is 14.2. The Morgan fingerprint density at radius 2 is 2.00 bits per heavy atom. The first-order chi connectivity index (χ1) is 11.6. The van der Waals surface area contributed by atoms with Gasteiger partial charge in [-0.1, -0.05) is 0 Å². The van der Waals surface area contributed by atoms with E-state index in [0.717, 1.165) is 0 Å². The zero-order chi connectivity index (χ0) is 17.2. The number of likely N-dealkylation sites (tertiary alicyclic amines) is 1. The molecule has 0 spiro atoms. The van der Waals surface area contributed by atoms with Crippen LogP contribution in [0, 0.1) is 22.6 Å². The van der Waals surface area contributed by atoms with Crippen molar-refractivity contribution in [1.29, 1.82) is 5.26 Å². The maximum Gasteiger partial charge on any atom is 0.243 e. The van der Waals surface area contributed by atoms with E-state index in [9.17, 15) is 18.7 Å². The highest BCUT2D eigenvalue weighted by Gasteiger charge is 2.44. The Morgan fingerprint density at radius 1 is 1.33 bits per heavy atom. The number of carbonyl (C=O) groups excluding carboxylic acids is 1. The van der Waals surface area contributed by atoms with Gasteiger partial charge < -0.3 is 10.2 Å². The lowest BCUT2D eigenvalue weighted by atomic mass is 9.79. The van der Waals surface area contributed by atoms with E-state index in [0.29, 0.717) is 50.3 Å². The first-order valence-electron chi connectivity index (χ1n) is 8.13. The van der Waals surface area contributed by atoms with Crippen LogP contribution in [0.3, 0.4) is 0 Å². The molecule has 1 amide bonds. The summed E-state index contributed by atoms with van der Waals surface area (Å²) in [5.41, 5.74) is -0.947. The van der Waals surface area contributed by atoms with Gasteiger partial charge in [-0.2, -0.15) is 5.26 Å². The van der Waals surface area contributed by atoms with Crippen LogP contribution in [-0.2, 0) is 15.6 Å². The summed E-state index contributed by atoms with van der Waals surface area (Å²) in [6.45, 7) is 2.24. The van der Waals surface area contributed by atoms with Crippen molar-refractivity contribution in [2.75, 3.05) is 26.2 Å². The molecule has 0 aromatic heterocycles. The molecule has 2 atom stereocenters. The summed E-state index contributed by atoms with van der Waals surface area (Å²) >= 11 is 0. The fourth-order valence-corrected chi connectivity index (χ4v) is 4.80. The summed E-state index contributed by atoms with van der Waals surface area (Å²) in [6.07, 6.45) is 1.67. The van der Waals surface area contributed by atoms with Crippen LogP contribution in [0.2, 0.25) is 0 Å². The van der Waals surface area contributed by atoms with E-state index >= 15 is 0 Å². The van der Waals surface area contributed by atoms with Gasteiger partial charge in [0.05, 0.1) is 22.1 Å². The Labute approximate surface area is 143 Å². The van der Waals surface area contributed by atoms with Crippen molar-refractivity contribution in [2.24, 2.45) is 5.41 Å². The molecule has 2 aliphatic rings. The normalized spacial score (nSPS) is 24.3. The molecule has 0 radical (unpaired) electrons. The molecule has 0 aliphatic carbocycles. The predicted octanol–water partition coefficient (Wildman–Crippen LogP) is 1.43. The maximum atomic E-state index is 13.0. The monoisotopic (exact) mass is 349 g/mol. The fourth-order valence-electron chi connectivity index (χ4n) is 3.38. The quantitative estimate of drug-likeness (QED) is 0.896. The summed E-state index contributed by atoms with van der Waals surface area (Å²) in [7, 11) is -1.28. The van der Waals surface area contributed by atoms with Gasteiger partial charge in [-0.05, 0) is 56.6 Å². The number of nitrogens with one attached hydrogen (secondary N) is 1. The van der Waals surface area contributed by atoms with Crippen LogP contribution >= 0.6 is 0 Å². The van der Waals surface area contributed by atoms with E-state index in [-0.39, 0.29) is 17.0 Å². The second-order valence-electron chi connectivity index (χ2n) is 6.36. The Morgan fingerprint density at radius 3 is 2.62 bits per heavy atom.